The van der Waals surface area contributed by atoms with E-state index in [1.807, 2.05) is 10.9 Å². The van der Waals surface area contributed by atoms with E-state index in [9.17, 15) is 4.79 Å². The third-order valence-corrected chi connectivity index (χ3v) is 4.85. The Balaban J connectivity index is 1.38. The Morgan fingerprint density at radius 1 is 1.28 bits per heavy atom. The molecule has 1 amide bonds. The van der Waals surface area contributed by atoms with Crippen LogP contribution in [0.1, 0.15) is 30.4 Å². The van der Waals surface area contributed by atoms with Crippen molar-refractivity contribution in [3.05, 3.63) is 53.9 Å². The molecule has 1 aromatic heterocycles. The van der Waals surface area contributed by atoms with E-state index in [1.54, 1.807) is 0 Å². The molecule has 2 heterocycles. The van der Waals surface area contributed by atoms with Crippen LogP contribution in [0.2, 0.25) is 0 Å². The van der Waals surface area contributed by atoms with Gasteiger partial charge < -0.3 is 5.32 Å². The number of hydrogen-bond acceptors (Lipinski definition) is 3. The van der Waals surface area contributed by atoms with Crippen molar-refractivity contribution < 1.29 is 4.79 Å². The molecule has 4 rings (SSSR count). The Kier molecular flexibility index (Phi) is 4.40. The fraction of sp³-hybridized carbons (Fsp3) is 0.400. The highest BCUT2D eigenvalue weighted by Gasteiger charge is 2.24. The number of amides is 1. The van der Waals surface area contributed by atoms with Gasteiger partial charge in [-0.3, -0.25) is 9.69 Å². The quantitative estimate of drug-likeness (QED) is 0.913. The van der Waals surface area contributed by atoms with Crippen LogP contribution >= 0.6 is 0 Å². The van der Waals surface area contributed by atoms with E-state index in [4.69, 9.17) is 0 Å². The molecule has 2 aliphatic rings. The molecule has 0 spiro atoms. The van der Waals surface area contributed by atoms with Gasteiger partial charge in [-0.1, -0.05) is 23.8 Å². The number of rotatable bonds is 5. The molecule has 1 saturated carbocycles. The Bertz CT molecular complexity index is 786. The van der Waals surface area contributed by atoms with Crippen LogP contribution in [0.25, 0.3) is 11.3 Å². The fourth-order valence-corrected chi connectivity index (χ4v) is 3.15. The van der Waals surface area contributed by atoms with Gasteiger partial charge in [-0.2, -0.15) is 5.10 Å². The van der Waals surface area contributed by atoms with E-state index in [2.05, 4.69) is 58.8 Å². The maximum atomic E-state index is 11.9. The standard InChI is InChI=1S/C20H24N4O/c1-15-2-6-19(7-3-15)24-13-17(12-21-24)16-8-10-23(11-9-16)14-20(25)22-18-4-5-18/h2-3,6-8,12-13,18H,4-5,9-11,14H2,1H3,(H,22,25). The lowest BCUT2D eigenvalue weighted by atomic mass is 10.0. The number of nitrogens with one attached hydrogen (secondary N) is 1. The minimum absolute atomic E-state index is 0.159. The molecule has 0 radical (unpaired) electrons. The molecule has 5 heteroatoms. The molecule has 1 N–H and O–H groups in total. The first-order chi connectivity index (χ1) is 12.2. The van der Waals surface area contributed by atoms with Gasteiger partial charge >= 0.3 is 0 Å². The van der Waals surface area contributed by atoms with Gasteiger partial charge in [0.25, 0.3) is 0 Å². The van der Waals surface area contributed by atoms with Gasteiger partial charge in [-0.25, -0.2) is 4.68 Å². The summed E-state index contributed by atoms with van der Waals surface area (Å²) >= 11 is 0. The average molecular weight is 336 g/mol. The van der Waals surface area contributed by atoms with Crippen LogP contribution in [-0.2, 0) is 4.79 Å². The van der Waals surface area contributed by atoms with Crippen LogP contribution in [0.4, 0.5) is 0 Å². The second-order valence-electron chi connectivity index (χ2n) is 7.07. The van der Waals surface area contributed by atoms with Crippen molar-refractivity contribution in [2.24, 2.45) is 0 Å². The Morgan fingerprint density at radius 3 is 2.76 bits per heavy atom. The molecule has 0 bridgehead atoms. The first kappa shape index (κ1) is 16.1. The minimum atomic E-state index is 0.159. The minimum Gasteiger partial charge on any atom is -0.352 e. The van der Waals surface area contributed by atoms with Gasteiger partial charge in [-0.15, -0.1) is 0 Å². The van der Waals surface area contributed by atoms with Crippen molar-refractivity contribution in [1.82, 2.24) is 20.0 Å². The van der Waals surface area contributed by atoms with Crippen molar-refractivity contribution in [2.75, 3.05) is 19.6 Å². The molecule has 130 valence electrons. The van der Waals surface area contributed by atoms with Crippen molar-refractivity contribution in [3.63, 3.8) is 0 Å². The van der Waals surface area contributed by atoms with Crippen LogP contribution in [0.15, 0.2) is 42.7 Å². The van der Waals surface area contributed by atoms with E-state index in [0.717, 1.165) is 38.0 Å². The third-order valence-electron chi connectivity index (χ3n) is 4.85. The highest BCUT2D eigenvalue weighted by Crippen LogP contribution is 2.23. The summed E-state index contributed by atoms with van der Waals surface area (Å²) in [6.45, 7) is 4.33. The monoisotopic (exact) mass is 336 g/mol. The SMILES string of the molecule is Cc1ccc(-n2cc(C3=CCN(CC(=O)NC4CC4)CC3)cn2)cc1. The third kappa shape index (κ3) is 3.99. The lowest BCUT2D eigenvalue weighted by Crippen LogP contribution is -2.39. The van der Waals surface area contributed by atoms with Gasteiger partial charge in [0, 0.05) is 30.9 Å². The molecule has 0 unspecified atom stereocenters. The maximum Gasteiger partial charge on any atom is 0.234 e. The number of aryl methyl sites for hydroxylation is 1. The lowest BCUT2D eigenvalue weighted by molar-refractivity contribution is -0.122. The summed E-state index contributed by atoms with van der Waals surface area (Å²) in [7, 11) is 0. The summed E-state index contributed by atoms with van der Waals surface area (Å²) in [5.41, 5.74) is 4.81. The zero-order chi connectivity index (χ0) is 17.2. The van der Waals surface area contributed by atoms with Crippen molar-refractivity contribution in [2.45, 2.75) is 32.2 Å². The topological polar surface area (TPSA) is 50.2 Å². The normalized spacial score (nSPS) is 18.0. The van der Waals surface area contributed by atoms with Crippen LogP contribution in [0, 0.1) is 6.92 Å². The summed E-state index contributed by atoms with van der Waals surface area (Å²) in [5.74, 6) is 0.159. The van der Waals surface area contributed by atoms with Gasteiger partial charge in [-0.05, 0) is 43.9 Å². The fourth-order valence-electron chi connectivity index (χ4n) is 3.15. The van der Waals surface area contributed by atoms with E-state index < -0.39 is 0 Å². The number of nitrogens with zero attached hydrogens (tertiary/aromatic N) is 3. The number of carbonyl (C=O) groups is 1. The molecule has 1 aromatic carbocycles. The summed E-state index contributed by atoms with van der Waals surface area (Å²) in [5, 5.41) is 7.55. The van der Waals surface area contributed by atoms with Crippen LogP contribution < -0.4 is 5.32 Å². The molecule has 1 aliphatic carbocycles. The highest BCUT2D eigenvalue weighted by atomic mass is 16.2. The molecule has 5 nitrogen and oxygen atoms in total. The van der Waals surface area contributed by atoms with E-state index >= 15 is 0 Å². The predicted molar refractivity (Wildman–Crippen MR) is 98.5 cm³/mol. The summed E-state index contributed by atoms with van der Waals surface area (Å²) < 4.78 is 1.92. The highest BCUT2D eigenvalue weighted by molar-refractivity contribution is 5.79. The Morgan fingerprint density at radius 2 is 2.08 bits per heavy atom. The average Bonchev–Trinajstić information content (AvgIpc) is 3.28. The molecule has 0 saturated heterocycles. The zero-order valence-corrected chi connectivity index (χ0v) is 14.6. The van der Waals surface area contributed by atoms with E-state index in [-0.39, 0.29) is 5.91 Å². The van der Waals surface area contributed by atoms with Gasteiger partial charge in [0.2, 0.25) is 5.91 Å². The van der Waals surface area contributed by atoms with Crippen molar-refractivity contribution in [1.29, 1.82) is 0 Å². The molecule has 1 aliphatic heterocycles. The first-order valence-electron chi connectivity index (χ1n) is 9.00. The summed E-state index contributed by atoms with van der Waals surface area (Å²) in [4.78, 5) is 14.1. The van der Waals surface area contributed by atoms with Crippen molar-refractivity contribution in [3.8, 4) is 5.69 Å². The molecule has 1 fully saturated rings. The van der Waals surface area contributed by atoms with E-state index in [0.29, 0.717) is 12.6 Å². The summed E-state index contributed by atoms with van der Waals surface area (Å²) in [6, 6.07) is 8.81. The first-order valence-corrected chi connectivity index (χ1v) is 9.00. The number of aromatic nitrogens is 2. The second-order valence-corrected chi connectivity index (χ2v) is 7.07. The Hall–Kier alpha value is -2.40. The zero-order valence-electron chi connectivity index (χ0n) is 14.6. The number of benzene rings is 1. The van der Waals surface area contributed by atoms with Crippen LogP contribution in [-0.4, -0.2) is 46.3 Å². The van der Waals surface area contributed by atoms with Crippen LogP contribution in [0.5, 0.6) is 0 Å². The van der Waals surface area contributed by atoms with Gasteiger partial charge in [0.15, 0.2) is 0 Å². The predicted octanol–water partition coefficient (Wildman–Crippen LogP) is 2.55. The van der Waals surface area contributed by atoms with E-state index in [1.165, 1.54) is 16.7 Å². The van der Waals surface area contributed by atoms with Crippen LogP contribution in [0.3, 0.4) is 0 Å². The van der Waals surface area contributed by atoms with Gasteiger partial charge in [0.1, 0.15) is 0 Å². The Labute approximate surface area is 148 Å². The molecule has 2 aromatic rings. The number of hydrogen-bond donors (Lipinski definition) is 1. The largest absolute Gasteiger partial charge is 0.352 e. The molecular formula is C20H24N4O. The van der Waals surface area contributed by atoms with Gasteiger partial charge in [0.05, 0.1) is 18.4 Å². The maximum absolute atomic E-state index is 11.9. The molecular weight excluding hydrogens is 312 g/mol. The summed E-state index contributed by atoms with van der Waals surface area (Å²) in [6.07, 6.45) is 9.48. The van der Waals surface area contributed by atoms with Crippen molar-refractivity contribution >= 4 is 11.5 Å². The number of carbonyl (C=O) groups excluding carboxylic acids is 1. The molecule has 25 heavy (non-hydrogen) atoms. The smallest absolute Gasteiger partial charge is 0.234 e. The lowest BCUT2D eigenvalue weighted by Gasteiger charge is -2.25. The second kappa shape index (κ2) is 6.84. The molecule has 0 atom stereocenters.